The molecule has 6 heteroatoms. The van der Waals surface area contributed by atoms with E-state index < -0.39 is 0 Å². The van der Waals surface area contributed by atoms with Crippen molar-refractivity contribution < 1.29 is 9.21 Å². The zero-order valence-corrected chi connectivity index (χ0v) is 11.7. The third-order valence-corrected chi connectivity index (χ3v) is 3.48. The summed E-state index contributed by atoms with van der Waals surface area (Å²) in [4.78, 5) is 12.8. The van der Waals surface area contributed by atoms with Crippen molar-refractivity contribution in [2.75, 3.05) is 20.6 Å². The van der Waals surface area contributed by atoms with Crippen molar-refractivity contribution >= 4 is 37.8 Å². The average molecular weight is 340 g/mol. The molecule has 4 nitrogen and oxygen atoms in total. The van der Waals surface area contributed by atoms with Crippen molar-refractivity contribution in [2.45, 2.75) is 6.54 Å². The van der Waals surface area contributed by atoms with Gasteiger partial charge in [-0.3, -0.25) is 4.79 Å². The van der Waals surface area contributed by atoms with Crippen LogP contribution in [-0.2, 0) is 11.3 Å². The molecular weight excluding hydrogens is 328 g/mol. The molecule has 1 heterocycles. The fourth-order valence-electron chi connectivity index (χ4n) is 0.929. The summed E-state index contributed by atoms with van der Waals surface area (Å²) in [5.74, 6) is 0.819. The highest BCUT2D eigenvalue weighted by atomic mass is 79.9. The molecule has 0 saturated heterocycles. The molecule has 84 valence electrons. The van der Waals surface area contributed by atoms with Crippen molar-refractivity contribution in [3.8, 4) is 0 Å². The molecule has 0 fully saturated rings. The molecule has 0 radical (unpaired) electrons. The number of rotatable bonds is 4. The molecule has 1 aromatic rings. The van der Waals surface area contributed by atoms with Crippen LogP contribution in [0.5, 0.6) is 0 Å². The Labute approximate surface area is 105 Å². The van der Waals surface area contributed by atoms with Crippen LogP contribution in [0.3, 0.4) is 0 Å². The first-order valence-electron chi connectivity index (χ1n) is 4.35. The van der Waals surface area contributed by atoms with E-state index in [2.05, 4.69) is 37.2 Å². The minimum absolute atomic E-state index is 0.0414. The Morgan fingerprint density at radius 1 is 1.53 bits per heavy atom. The molecule has 1 rings (SSSR count). The first-order valence-corrected chi connectivity index (χ1v) is 5.94. The van der Waals surface area contributed by atoms with Crippen LogP contribution >= 0.6 is 31.9 Å². The van der Waals surface area contributed by atoms with Gasteiger partial charge in [-0.25, -0.2) is 0 Å². The molecule has 1 amide bonds. The molecule has 0 aromatic carbocycles. The van der Waals surface area contributed by atoms with Crippen molar-refractivity contribution in [2.24, 2.45) is 0 Å². The zero-order chi connectivity index (χ0) is 11.4. The number of carbonyl (C=O) groups excluding carboxylic acids is 1. The quantitative estimate of drug-likeness (QED) is 0.912. The fraction of sp³-hybridized carbons (Fsp3) is 0.444. The fourth-order valence-corrected chi connectivity index (χ4v) is 1.59. The molecular formula is C9H12Br2N2O2. The van der Waals surface area contributed by atoms with E-state index in [1.807, 2.05) is 6.07 Å². The second-order valence-electron chi connectivity index (χ2n) is 3.23. The molecule has 1 aromatic heterocycles. The van der Waals surface area contributed by atoms with Gasteiger partial charge in [-0.1, -0.05) is 0 Å². The van der Waals surface area contributed by atoms with Crippen molar-refractivity contribution in [1.29, 1.82) is 0 Å². The Hall–Kier alpha value is -0.330. The van der Waals surface area contributed by atoms with Gasteiger partial charge in [0.15, 0.2) is 4.67 Å². The van der Waals surface area contributed by atoms with Crippen LogP contribution in [-0.4, -0.2) is 31.4 Å². The lowest BCUT2D eigenvalue weighted by molar-refractivity contribution is -0.127. The van der Waals surface area contributed by atoms with Gasteiger partial charge in [0.2, 0.25) is 5.91 Å². The SMILES string of the molecule is CN(C)C(=O)CNCc1cc(Br)c(Br)o1. The number of furan rings is 1. The number of halogens is 2. The average Bonchev–Trinajstić information content (AvgIpc) is 2.46. The Balaban J connectivity index is 2.35. The van der Waals surface area contributed by atoms with Gasteiger partial charge in [0.25, 0.3) is 0 Å². The lowest BCUT2D eigenvalue weighted by Gasteiger charge is -2.09. The smallest absolute Gasteiger partial charge is 0.236 e. The largest absolute Gasteiger partial charge is 0.452 e. The number of amides is 1. The predicted octanol–water partition coefficient (Wildman–Crippen LogP) is 1.98. The molecule has 0 bridgehead atoms. The second kappa shape index (κ2) is 5.67. The molecule has 0 spiro atoms. The highest BCUT2D eigenvalue weighted by Gasteiger charge is 2.07. The van der Waals surface area contributed by atoms with Gasteiger partial charge in [0, 0.05) is 14.1 Å². The molecule has 0 aliphatic rings. The predicted molar refractivity (Wildman–Crippen MR) is 64.5 cm³/mol. The molecule has 15 heavy (non-hydrogen) atoms. The van der Waals surface area contributed by atoms with E-state index in [1.165, 1.54) is 0 Å². The maximum Gasteiger partial charge on any atom is 0.236 e. The number of nitrogens with zero attached hydrogens (tertiary/aromatic N) is 1. The third-order valence-electron chi connectivity index (χ3n) is 1.77. The zero-order valence-electron chi connectivity index (χ0n) is 8.51. The number of carbonyl (C=O) groups is 1. The minimum Gasteiger partial charge on any atom is -0.452 e. The van der Waals surface area contributed by atoms with E-state index in [0.29, 0.717) is 17.8 Å². The number of hydrogen-bond donors (Lipinski definition) is 1. The molecule has 0 atom stereocenters. The van der Waals surface area contributed by atoms with Crippen LogP contribution in [0.1, 0.15) is 5.76 Å². The highest BCUT2D eigenvalue weighted by molar-refractivity contribution is 9.13. The van der Waals surface area contributed by atoms with E-state index in [1.54, 1.807) is 19.0 Å². The maximum absolute atomic E-state index is 11.2. The van der Waals surface area contributed by atoms with Crippen LogP contribution in [0.4, 0.5) is 0 Å². The van der Waals surface area contributed by atoms with Crippen molar-refractivity contribution in [3.05, 3.63) is 21.0 Å². The van der Waals surface area contributed by atoms with Crippen LogP contribution in [0.25, 0.3) is 0 Å². The summed E-state index contributed by atoms with van der Waals surface area (Å²) in [6.07, 6.45) is 0. The van der Waals surface area contributed by atoms with Gasteiger partial charge in [0.1, 0.15) is 5.76 Å². The maximum atomic E-state index is 11.2. The summed E-state index contributed by atoms with van der Waals surface area (Å²) < 4.78 is 6.88. The first kappa shape index (κ1) is 12.7. The second-order valence-corrected chi connectivity index (χ2v) is 4.80. The van der Waals surface area contributed by atoms with Gasteiger partial charge >= 0.3 is 0 Å². The highest BCUT2D eigenvalue weighted by Crippen LogP contribution is 2.26. The van der Waals surface area contributed by atoms with Crippen LogP contribution in [0.2, 0.25) is 0 Å². The summed E-state index contributed by atoms with van der Waals surface area (Å²) >= 11 is 6.56. The van der Waals surface area contributed by atoms with E-state index in [9.17, 15) is 4.79 Å². The number of nitrogens with one attached hydrogen (secondary N) is 1. The first-order chi connectivity index (χ1) is 7.00. The summed E-state index contributed by atoms with van der Waals surface area (Å²) in [7, 11) is 3.45. The number of likely N-dealkylation sites (N-methyl/N-ethyl adjacent to an activating group) is 1. The summed E-state index contributed by atoms with van der Waals surface area (Å²) in [6.45, 7) is 0.840. The summed E-state index contributed by atoms with van der Waals surface area (Å²) in [5.41, 5.74) is 0. The Morgan fingerprint density at radius 2 is 2.20 bits per heavy atom. The lowest BCUT2D eigenvalue weighted by Crippen LogP contribution is -2.32. The molecule has 0 unspecified atom stereocenters. The Kier molecular flexibility index (Phi) is 4.82. The van der Waals surface area contributed by atoms with Gasteiger partial charge in [-0.05, 0) is 37.9 Å². The van der Waals surface area contributed by atoms with Crippen molar-refractivity contribution in [3.63, 3.8) is 0 Å². The van der Waals surface area contributed by atoms with E-state index >= 15 is 0 Å². The minimum atomic E-state index is 0.0414. The summed E-state index contributed by atoms with van der Waals surface area (Å²) in [5, 5.41) is 3.00. The monoisotopic (exact) mass is 338 g/mol. The molecule has 0 saturated carbocycles. The molecule has 0 aliphatic heterocycles. The van der Waals surface area contributed by atoms with Crippen molar-refractivity contribution in [1.82, 2.24) is 10.2 Å². The van der Waals surface area contributed by atoms with E-state index in [4.69, 9.17) is 4.42 Å². The topological polar surface area (TPSA) is 45.5 Å². The molecule has 0 aliphatic carbocycles. The summed E-state index contributed by atoms with van der Waals surface area (Å²) in [6, 6.07) is 1.86. The normalized spacial score (nSPS) is 10.4. The van der Waals surface area contributed by atoms with E-state index in [0.717, 1.165) is 10.2 Å². The van der Waals surface area contributed by atoms with Crippen LogP contribution in [0.15, 0.2) is 19.6 Å². The van der Waals surface area contributed by atoms with Gasteiger partial charge < -0.3 is 14.6 Å². The third kappa shape index (κ3) is 3.96. The van der Waals surface area contributed by atoms with E-state index in [-0.39, 0.29) is 5.91 Å². The number of hydrogen-bond acceptors (Lipinski definition) is 3. The van der Waals surface area contributed by atoms with Gasteiger partial charge in [-0.2, -0.15) is 0 Å². The van der Waals surface area contributed by atoms with Crippen LogP contribution in [0, 0.1) is 0 Å². The Bertz CT molecular complexity index is 330. The lowest BCUT2D eigenvalue weighted by atomic mass is 10.4. The van der Waals surface area contributed by atoms with Crippen LogP contribution < -0.4 is 5.32 Å². The molecule has 1 N–H and O–H groups in total. The van der Waals surface area contributed by atoms with Gasteiger partial charge in [0.05, 0.1) is 17.6 Å². The Morgan fingerprint density at radius 3 is 2.67 bits per heavy atom. The standard InChI is InChI=1S/C9H12Br2N2O2/c1-13(2)8(14)5-12-4-6-3-7(10)9(11)15-6/h3,12H,4-5H2,1-2H3. The van der Waals surface area contributed by atoms with Gasteiger partial charge in [-0.15, -0.1) is 0 Å².